The van der Waals surface area contributed by atoms with E-state index in [9.17, 15) is 21.6 Å². The minimum Gasteiger partial charge on any atom is -0.481 e. The molecule has 0 aromatic carbocycles. The van der Waals surface area contributed by atoms with Gasteiger partial charge in [-0.1, -0.05) is 0 Å². The van der Waals surface area contributed by atoms with Crippen molar-refractivity contribution in [2.24, 2.45) is 0 Å². The van der Waals surface area contributed by atoms with Gasteiger partial charge in [0.2, 0.25) is 10.0 Å². The first-order valence-corrected chi connectivity index (χ1v) is 8.95. The van der Waals surface area contributed by atoms with Crippen LogP contribution in [0.3, 0.4) is 0 Å². The highest BCUT2D eigenvalue weighted by molar-refractivity contribution is 7.89. The zero-order chi connectivity index (χ0) is 15.6. The van der Waals surface area contributed by atoms with Gasteiger partial charge in [0.05, 0.1) is 12.2 Å². The smallest absolute Gasteiger partial charge is 0.304 e. The molecule has 9 nitrogen and oxygen atoms in total. The number of hydrogen-bond acceptors (Lipinski definition) is 5. The molecule has 1 rings (SSSR count). The summed E-state index contributed by atoms with van der Waals surface area (Å²) >= 11 is 0. The third kappa shape index (κ3) is 4.12. The molecule has 0 amide bonds. The highest BCUT2D eigenvalue weighted by Crippen LogP contribution is 2.13. The lowest BCUT2D eigenvalue weighted by Crippen LogP contribution is -2.53. The number of hydrogen-bond donors (Lipinski definition) is 1. The van der Waals surface area contributed by atoms with Crippen LogP contribution in [0.25, 0.3) is 0 Å². The number of carbonyl (C=O) groups is 1. The zero-order valence-corrected chi connectivity index (χ0v) is 13.0. The van der Waals surface area contributed by atoms with E-state index in [1.54, 1.807) is 0 Å². The highest BCUT2D eigenvalue weighted by Gasteiger charge is 2.33. The normalized spacial score (nSPS) is 19.4. The van der Waals surface area contributed by atoms with Gasteiger partial charge in [0, 0.05) is 40.3 Å². The van der Waals surface area contributed by atoms with Gasteiger partial charge >= 0.3 is 5.97 Å². The van der Waals surface area contributed by atoms with Gasteiger partial charge in [0.15, 0.2) is 0 Å². The summed E-state index contributed by atoms with van der Waals surface area (Å²) in [6.07, 6.45) is -0.460. The van der Waals surface area contributed by atoms with Crippen LogP contribution in [-0.4, -0.2) is 86.9 Å². The minimum atomic E-state index is -3.65. The first-order chi connectivity index (χ1) is 9.07. The van der Waals surface area contributed by atoms with Crippen LogP contribution in [0, 0.1) is 0 Å². The number of sulfonamides is 1. The molecule has 0 radical (unpaired) electrons. The standard InChI is InChI=1S/C9H19N3O6S2/c1-10(2)20(17,18)12-6-4-11(5-7-12)19(15,16)8-3-9(13)14/h3-8H2,1-2H3,(H,13,14). The Bertz CT molecular complexity index is 548. The third-order valence-corrected chi connectivity index (χ3v) is 6.77. The second-order valence-electron chi connectivity index (χ2n) is 4.55. The third-order valence-electron chi connectivity index (χ3n) is 2.95. The molecule has 11 heteroatoms. The van der Waals surface area contributed by atoms with Gasteiger partial charge in [0.1, 0.15) is 0 Å². The topological polar surface area (TPSA) is 115 Å². The average Bonchev–Trinajstić information content (AvgIpc) is 2.36. The van der Waals surface area contributed by atoms with Crippen LogP contribution >= 0.6 is 0 Å². The molecule has 0 aromatic heterocycles. The van der Waals surface area contributed by atoms with Gasteiger partial charge in [-0.25, -0.2) is 8.42 Å². The summed E-state index contributed by atoms with van der Waals surface area (Å²) in [4.78, 5) is 10.4. The quantitative estimate of drug-likeness (QED) is 0.616. The van der Waals surface area contributed by atoms with Crippen LogP contribution in [0.5, 0.6) is 0 Å². The lowest BCUT2D eigenvalue weighted by atomic mass is 10.4. The molecule has 1 N–H and O–H groups in total. The minimum absolute atomic E-state index is 0.0367. The van der Waals surface area contributed by atoms with Gasteiger partial charge in [-0.3, -0.25) is 4.79 Å². The maximum atomic E-state index is 11.9. The van der Waals surface area contributed by atoms with Gasteiger partial charge in [0.25, 0.3) is 10.2 Å². The van der Waals surface area contributed by atoms with Crippen molar-refractivity contribution < 1.29 is 26.7 Å². The Morgan fingerprint density at radius 1 is 1.05 bits per heavy atom. The Kier molecular flexibility index (Phi) is 5.49. The fraction of sp³-hybridized carbons (Fsp3) is 0.889. The van der Waals surface area contributed by atoms with Crippen molar-refractivity contribution in [1.29, 1.82) is 0 Å². The summed E-state index contributed by atoms with van der Waals surface area (Å²) in [5.41, 5.74) is 0. The maximum Gasteiger partial charge on any atom is 0.304 e. The molecule has 0 aliphatic carbocycles. The van der Waals surface area contributed by atoms with E-state index in [0.29, 0.717) is 0 Å². The summed E-state index contributed by atoms with van der Waals surface area (Å²) in [5, 5.41) is 8.51. The first-order valence-electron chi connectivity index (χ1n) is 5.94. The van der Waals surface area contributed by atoms with Crippen molar-refractivity contribution in [2.45, 2.75) is 6.42 Å². The van der Waals surface area contributed by atoms with Crippen LogP contribution < -0.4 is 0 Å². The molecule has 0 aromatic rings. The monoisotopic (exact) mass is 329 g/mol. The fourth-order valence-electron chi connectivity index (χ4n) is 1.75. The van der Waals surface area contributed by atoms with Crippen molar-refractivity contribution in [3.63, 3.8) is 0 Å². The number of carboxylic acids is 1. The number of rotatable bonds is 6. The van der Waals surface area contributed by atoms with E-state index in [0.717, 1.165) is 8.61 Å². The first kappa shape index (κ1) is 17.3. The molecular formula is C9H19N3O6S2. The fourth-order valence-corrected chi connectivity index (χ4v) is 4.25. The highest BCUT2D eigenvalue weighted by atomic mass is 32.2. The molecule has 1 aliphatic heterocycles. The molecular weight excluding hydrogens is 310 g/mol. The van der Waals surface area contributed by atoms with Crippen molar-refractivity contribution in [1.82, 2.24) is 12.9 Å². The van der Waals surface area contributed by atoms with E-state index in [1.165, 1.54) is 18.4 Å². The van der Waals surface area contributed by atoms with Gasteiger partial charge < -0.3 is 5.11 Å². The lowest BCUT2D eigenvalue weighted by molar-refractivity contribution is -0.136. The van der Waals surface area contributed by atoms with E-state index in [4.69, 9.17) is 5.11 Å². The molecule has 20 heavy (non-hydrogen) atoms. The molecule has 0 spiro atoms. The van der Waals surface area contributed by atoms with Crippen LogP contribution in [0.2, 0.25) is 0 Å². The van der Waals surface area contributed by atoms with E-state index >= 15 is 0 Å². The van der Waals surface area contributed by atoms with Crippen LogP contribution in [0.4, 0.5) is 0 Å². The number of aliphatic carboxylic acids is 1. The number of nitrogens with zero attached hydrogens (tertiary/aromatic N) is 3. The van der Waals surface area contributed by atoms with Crippen molar-refractivity contribution >= 4 is 26.2 Å². The number of carboxylic acid groups (broad SMARTS) is 1. The Morgan fingerprint density at radius 2 is 1.50 bits per heavy atom. The van der Waals surface area contributed by atoms with Crippen molar-refractivity contribution in [2.75, 3.05) is 46.0 Å². The molecule has 1 fully saturated rings. The second kappa shape index (κ2) is 6.35. The zero-order valence-electron chi connectivity index (χ0n) is 11.4. The number of piperazine rings is 1. The summed E-state index contributed by atoms with van der Waals surface area (Å²) < 4.78 is 50.9. The summed E-state index contributed by atoms with van der Waals surface area (Å²) in [5.74, 6) is -1.65. The molecule has 1 aliphatic rings. The summed E-state index contributed by atoms with van der Waals surface area (Å²) in [6, 6.07) is 0. The Labute approximate surface area is 119 Å². The lowest BCUT2D eigenvalue weighted by Gasteiger charge is -2.34. The van der Waals surface area contributed by atoms with Crippen LogP contribution in [0.15, 0.2) is 0 Å². The molecule has 0 atom stereocenters. The predicted octanol–water partition coefficient (Wildman–Crippen LogP) is -1.79. The van der Waals surface area contributed by atoms with E-state index in [1.807, 2.05) is 0 Å². The maximum absolute atomic E-state index is 11.9. The van der Waals surface area contributed by atoms with E-state index < -0.39 is 38.4 Å². The van der Waals surface area contributed by atoms with Crippen molar-refractivity contribution in [3.8, 4) is 0 Å². The van der Waals surface area contributed by atoms with Gasteiger partial charge in [-0.15, -0.1) is 0 Å². The van der Waals surface area contributed by atoms with Gasteiger partial charge in [-0.05, 0) is 0 Å². The average molecular weight is 329 g/mol. The Hall–Kier alpha value is -0.750. The molecule has 1 saturated heterocycles. The summed E-state index contributed by atoms with van der Waals surface area (Å²) in [6.45, 7) is 0.198. The van der Waals surface area contributed by atoms with Crippen LogP contribution in [0.1, 0.15) is 6.42 Å². The van der Waals surface area contributed by atoms with E-state index in [-0.39, 0.29) is 26.2 Å². The Morgan fingerprint density at radius 3 is 1.90 bits per heavy atom. The second-order valence-corrected chi connectivity index (χ2v) is 8.78. The molecule has 0 bridgehead atoms. The van der Waals surface area contributed by atoms with E-state index in [2.05, 4.69) is 0 Å². The molecule has 1 heterocycles. The largest absolute Gasteiger partial charge is 0.481 e. The summed E-state index contributed by atoms with van der Waals surface area (Å²) in [7, 11) is -4.38. The van der Waals surface area contributed by atoms with Crippen molar-refractivity contribution in [3.05, 3.63) is 0 Å². The predicted molar refractivity (Wildman–Crippen MR) is 71.8 cm³/mol. The van der Waals surface area contributed by atoms with Crippen LogP contribution in [-0.2, 0) is 25.0 Å². The molecule has 0 unspecified atom stereocenters. The molecule has 118 valence electrons. The SMILES string of the molecule is CN(C)S(=O)(=O)N1CCN(S(=O)(=O)CCC(=O)O)CC1. The van der Waals surface area contributed by atoms with Gasteiger partial charge in [-0.2, -0.15) is 21.3 Å². The Balaban J connectivity index is 2.65. The molecule has 0 saturated carbocycles.